The van der Waals surface area contributed by atoms with Gasteiger partial charge in [-0.2, -0.15) is 0 Å². The second-order valence-electron chi connectivity index (χ2n) is 10.8. The fourth-order valence-electron chi connectivity index (χ4n) is 6.65. The van der Waals surface area contributed by atoms with E-state index in [0.717, 1.165) is 73.8 Å². The quantitative estimate of drug-likeness (QED) is 0.315. The Hall–Kier alpha value is -2.70. The normalized spacial score (nSPS) is 26.7. The Kier molecular flexibility index (Phi) is 7.18. The number of nitrogens with zero attached hydrogens (tertiary/aromatic N) is 3. The molecule has 4 aliphatic rings. The minimum absolute atomic E-state index is 0. The molecule has 7 rings (SSSR count). The summed E-state index contributed by atoms with van der Waals surface area (Å²) in [5.74, 6) is 1.68. The molecule has 190 valence electrons. The fourth-order valence-corrected chi connectivity index (χ4v) is 6.65. The smallest absolute Gasteiger partial charge is 0.317 e. The van der Waals surface area contributed by atoms with Gasteiger partial charge < -0.3 is 13.6 Å². The second-order valence-corrected chi connectivity index (χ2v) is 10.8. The summed E-state index contributed by atoms with van der Waals surface area (Å²) in [4.78, 5) is 13.8. The Morgan fingerprint density at radius 2 is 1.61 bits per heavy atom. The molecule has 0 spiro atoms. The van der Waals surface area contributed by atoms with Crippen LogP contribution in [-0.4, -0.2) is 46.4 Å². The van der Waals surface area contributed by atoms with Crippen LogP contribution in [0.1, 0.15) is 56.4 Å². The van der Waals surface area contributed by atoms with Crippen LogP contribution < -0.4 is 0 Å². The number of fused-ring (bicyclic) bond motifs is 3. The number of hydrogen-bond donors (Lipinski definition) is 0. The first kappa shape index (κ1) is 25.0. The lowest BCUT2D eigenvalue weighted by Crippen LogP contribution is -2.64. The molecule has 0 N–H and O–H groups in total. The van der Waals surface area contributed by atoms with E-state index in [2.05, 4.69) is 22.3 Å². The molecule has 3 aliphatic heterocycles. The van der Waals surface area contributed by atoms with Gasteiger partial charge in [-0.1, -0.05) is 67.8 Å². The summed E-state index contributed by atoms with van der Waals surface area (Å²) in [6.45, 7) is 3.69. The van der Waals surface area contributed by atoms with Crippen molar-refractivity contribution in [2.75, 3.05) is 19.6 Å². The van der Waals surface area contributed by atoms with Crippen LogP contribution in [0.3, 0.4) is 0 Å². The number of rotatable bonds is 6. The van der Waals surface area contributed by atoms with Gasteiger partial charge in [0.25, 0.3) is 5.89 Å². The maximum absolute atomic E-state index is 13.8. The van der Waals surface area contributed by atoms with Gasteiger partial charge in [0, 0.05) is 24.3 Å². The second kappa shape index (κ2) is 10.3. The highest BCUT2D eigenvalue weighted by Crippen LogP contribution is 2.43. The Morgan fingerprint density at radius 1 is 0.944 bits per heavy atom. The molecule has 2 aromatic carbocycles. The van der Waals surface area contributed by atoms with Gasteiger partial charge in [0.15, 0.2) is 12.6 Å². The van der Waals surface area contributed by atoms with Gasteiger partial charge >= 0.3 is 5.97 Å². The molecule has 7 heteroatoms. The van der Waals surface area contributed by atoms with Crippen molar-refractivity contribution < 1.29 is 18.4 Å². The van der Waals surface area contributed by atoms with Gasteiger partial charge in [0.2, 0.25) is 5.89 Å². The average molecular weight is 509 g/mol. The van der Waals surface area contributed by atoms with Crippen LogP contribution in [0.15, 0.2) is 65.1 Å². The molecule has 0 radical (unpaired) electrons. The van der Waals surface area contributed by atoms with Crippen LogP contribution in [0, 0.1) is 5.92 Å². The fraction of sp³-hybridized carbons (Fsp3) is 0.483. The SMILES string of the molecule is Cl.O=C(O[C@H]1C[N+]2(Cc3nnc(-c4ccccc4)o3)CCC1CC2)C1(c2ccccc2)CCCCC1. The van der Waals surface area contributed by atoms with E-state index in [0.29, 0.717) is 24.2 Å². The summed E-state index contributed by atoms with van der Waals surface area (Å²) in [7, 11) is 0. The average Bonchev–Trinajstić information content (AvgIpc) is 3.38. The Morgan fingerprint density at radius 3 is 2.31 bits per heavy atom. The summed E-state index contributed by atoms with van der Waals surface area (Å²) >= 11 is 0. The van der Waals surface area contributed by atoms with Crippen molar-refractivity contribution in [3.63, 3.8) is 0 Å². The molecule has 1 atom stereocenters. The van der Waals surface area contributed by atoms with Crippen molar-refractivity contribution in [3.05, 3.63) is 72.1 Å². The van der Waals surface area contributed by atoms with E-state index in [1.54, 1.807) is 0 Å². The van der Waals surface area contributed by atoms with Crippen molar-refractivity contribution in [3.8, 4) is 11.5 Å². The largest absolute Gasteiger partial charge is 0.455 e. The van der Waals surface area contributed by atoms with Gasteiger partial charge in [-0.3, -0.25) is 4.79 Å². The zero-order chi connectivity index (χ0) is 23.7. The van der Waals surface area contributed by atoms with Crippen LogP contribution in [0.5, 0.6) is 0 Å². The van der Waals surface area contributed by atoms with Crippen molar-refractivity contribution in [2.24, 2.45) is 5.92 Å². The molecule has 2 bridgehead atoms. The van der Waals surface area contributed by atoms with Crippen molar-refractivity contribution in [2.45, 2.75) is 63.0 Å². The zero-order valence-electron chi connectivity index (χ0n) is 20.7. The van der Waals surface area contributed by atoms with E-state index in [1.807, 2.05) is 48.5 Å². The lowest BCUT2D eigenvalue weighted by atomic mass is 9.69. The van der Waals surface area contributed by atoms with E-state index in [-0.39, 0.29) is 24.5 Å². The molecule has 3 aromatic rings. The van der Waals surface area contributed by atoms with E-state index in [9.17, 15) is 4.79 Å². The maximum atomic E-state index is 13.8. The van der Waals surface area contributed by atoms with Crippen molar-refractivity contribution >= 4 is 18.4 Å². The molecule has 36 heavy (non-hydrogen) atoms. The third-order valence-electron chi connectivity index (χ3n) is 8.68. The van der Waals surface area contributed by atoms with Crippen LogP contribution in [-0.2, 0) is 21.5 Å². The molecule has 3 saturated heterocycles. The lowest BCUT2D eigenvalue weighted by molar-refractivity contribution is -0.959. The first-order chi connectivity index (χ1) is 17.2. The summed E-state index contributed by atoms with van der Waals surface area (Å²) < 4.78 is 13.4. The molecular weight excluding hydrogens is 474 g/mol. The van der Waals surface area contributed by atoms with Crippen LogP contribution >= 0.6 is 12.4 Å². The summed E-state index contributed by atoms with van der Waals surface area (Å²) in [6.07, 6.45) is 7.26. The van der Waals surface area contributed by atoms with Crippen LogP contribution in [0.4, 0.5) is 0 Å². The summed E-state index contributed by atoms with van der Waals surface area (Å²) in [5, 5.41) is 8.66. The predicted molar refractivity (Wildman–Crippen MR) is 139 cm³/mol. The molecule has 4 fully saturated rings. The van der Waals surface area contributed by atoms with Crippen molar-refractivity contribution in [1.82, 2.24) is 10.2 Å². The van der Waals surface area contributed by atoms with Crippen LogP contribution in [0.25, 0.3) is 11.5 Å². The van der Waals surface area contributed by atoms with Gasteiger partial charge in [0.1, 0.15) is 6.54 Å². The molecular formula is C29H35ClN3O3+. The van der Waals surface area contributed by atoms with Gasteiger partial charge in [0.05, 0.1) is 18.5 Å². The number of halogens is 1. The summed E-state index contributed by atoms with van der Waals surface area (Å²) in [5.41, 5.74) is 1.57. The highest BCUT2D eigenvalue weighted by atomic mass is 35.5. The third kappa shape index (κ3) is 4.69. The van der Waals surface area contributed by atoms with Gasteiger partial charge in [-0.15, -0.1) is 22.6 Å². The van der Waals surface area contributed by atoms with Crippen LogP contribution in [0.2, 0.25) is 0 Å². The van der Waals surface area contributed by atoms with E-state index < -0.39 is 5.41 Å². The number of esters is 1. The Labute approximate surface area is 219 Å². The minimum atomic E-state index is -0.493. The molecule has 1 aromatic heterocycles. The van der Waals surface area contributed by atoms with Crippen molar-refractivity contribution in [1.29, 1.82) is 0 Å². The highest BCUT2D eigenvalue weighted by Gasteiger charge is 2.51. The number of carbonyl (C=O) groups excluding carboxylic acids is 1. The molecule has 1 aliphatic carbocycles. The Balaban J connectivity index is 0.00000267. The standard InChI is InChI=1S/C29H34N3O3.ClH/c33-28(29(16-8-3-9-17-29)24-12-6-2-7-13-24)34-25-20-32(18-14-22(25)15-19-32)21-26-30-31-27(35-26)23-10-4-1-5-11-23;/h1-2,4-7,10-13,22,25H,3,8-9,14-21H2;1H/q+1;/t22?,25-,32?;/m0./s1. The third-order valence-corrected chi connectivity index (χ3v) is 8.68. The molecule has 0 unspecified atom stereocenters. The van der Waals surface area contributed by atoms with E-state index in [4.69, 9.17) is 9.15 Å². The number of benzene rings is 2. The minimum Gasteiger partial charge on any atom is -0.455 e. The topological polar surface area (TPSA) is 65.2 Å². The van der Waals surface area contributed by atoms with E-state index >= 15 is 0 Å². The number of ether oxygens (including phenoxy) is 1. The molecule has 0 amide bonds. The number of hydrogen-bond acceptors (Lipinski definition) is 5. The van der Waals surface area contributed by atoms with E-state index in [1.165, 1.54) is 6.42 Å². The first-order valence-corrected chi connectivity index (χ1v) is 13.2. The van der Waals surface area contributed by atoms with Gasteiger partial charge in [-0.25, -0.2) is 0 Å². The molecule has 1 saturated carbocycles. The summed E-state index contributed by atoms with van der Waals surface area (Å²) in [6, 6.07) is 20.2. The zero-order valence-corrected chi connectivity index (χ0v) is 21.5. The maximum Gasteiger partial charge on any atom is 0.317 e. The molecule has 4 heterocycles. The first-order valence-electron chi connectivity index (χ1n) is 13.2. The number of aromatic nitrogens is 2. The molecule has 6 nitrogen and oxygen atoms in total. The number of carbonyl (C=O) groups is 1. The van der Waals surface area contributed by atoms with Gasteiger partial charge in [-0.05, 0) is 30.5 Å². The highest BCUT2D eigenvalue weighted by molar-refractivity contribution is 5.85. The predicted octanol–water partition coefficient (Wildman–Crippen LogP) is 5.71. The number of piperidine rings is 3. The lowest BCUT2D eigenvalue weighted by Gasteiger charge is -2.52. The Bertz CT molecular complexity index is 1150. The number of quaternary nitrogens is 1. The monoisotopic (exact) mass is 508 g/mol.